The van der Waals surface area contributed by atoms with E-state index in [1.807, 2.05) is 26.8 Å². The topological polar surface area (TPSA) is 225 Å². The zero-order valence-corrected chi connectivity index (χ0v) is 39.0. The third-order valence-electron chi connectivity index (χ3n) is 12.1. The van der Waals surface area contributed by atoms with Gasteiger partial charge in [-0.2, -0.15) is 0 Å². The summed E-state index contributed by atoms with van der Waals surface area (Å²) in [6, 6.07) is -0.808. The van der Waals surface area contributed by atoms with Crippen molar-refractivity contribution in [1.29, 1.82) is 0 Å². The van der Waals surface area contributed by atoms with Crippen molar-refractivity contribution in [3.63, 3.8) is 0 Å². The normalized spacial score (nSPS) is 40.9. The number of cyclic esters (lactones) is 1. The largest absolute Gasteiger partial charge is 0.462 e. The Hall–Kier alpha value is -3.07. The van der Waals surface area contributed by atoms with Gasteiger partial charge in [0.1, 0.15) is 54.6 Å². The second kappa shape index (κ2) is 23.4. The van der Waals surface area contributed by atoms with Crippen molar-refractivity contribution < 1.29 is 81.6 Å². The first-order chi connectivity index (χ1) is 29.6. The summed E-state index contributed by atoms with van der Waals surface area (Å²) in [5.41, 5.74) is -1.52. The quantitative estimate of drug-likeness (QED) is 0.0840. The van der Waals surface area contributed by atoms with Crippen LogP contribution in [0.2, 0.25) is 0 Å². The summed E-state index contributed by atoms with van der Waals surface area (Å²) in [7, 11) is 4.84. The molecule has 18 heteroatoms. The molecule has 0 amide bonds. The first-order valence-corrected chi connectivity index (χ1v) is 22.3. The zero-order valence-electron chi connectivity index (χ0n) is 39.0. The molecule has 0 aromatic carbocycles. The van der Waals surface area contributed by atoms with E-state index in [4.69, 9.17) is 47.4 Å². The van der Waals surface area contributed by atoms with Gasteiger partial charge >= 0.3 is 23.9 Å². The molecule has 18 atom stereocenters. The Morgan fingerprint density at radius 2 is 1.65 bits per heavy atom. The van der Waals surface area contributed by atoms with Crippen molar-refractivity contribution in [1.82, 2.24) is 4.90 Å². The molecular formula is C45H73NO17. The first-order valence-electron chi connectivity index (χ1n) is 22.3. The van der Waals surface area contributed by atoms with E-state index >= 15 is 0 Å². The average molecular weight is 900 g/mol. The van der Waals surface area contributed by atoms with Crippen molar-refractivity contribution in [3.05, 3.63) is 12.2 Å². The van der Waals surface area contributed by atoms with Crippen LogP contribution < -0.4 is 0 Å². The molecule has 0 spiro atoms. The summed E-state index contributed by atoms with van der Waals surface area (Å²) in [6.07, 6.45) is -8.04. The molecule has 18 unspecified atom stereocenters. The molecule has 0 radical (unpaired) electrons. The highest BCUT2D eigenvalue weighted by atomic mass is 16.7. The predicted molar refractivity (Wildman–Crippen MR) is 224 cm³/mol. The van der Waals surface area contributed by atoms with Gasteiger partial charge in [0.15, 0.2) is 18.7 Å². The highest BCUT2D eigenvalue weighted by Gasteiger charge is 2.53. The molecule has 18 nitrogen and oxygen atoms in total. The van der Waals surface area contributed by atoms with Crippen LogP contribution in [-0.4, -0.2) is 164 Å². The number of aliphatic hydroxyl groups is 2. The number of carbonyl (C=O) groups is 5. The molecule has 4 heterocycles. The summed E-state index contributed by atoms with van der Waals surface area (Å²) in [5, 5.41) is 23.7. The Balaban J connectivity index is 1.68. The second-order valence-corrected chi connectivity index (χ2v) is 18.5. The molecule has 0 aliphatic carbocycles. The number of epoxide rings is 1. The monoisotopic (exact) mass is 899 g/mol. The van der Waals surface area contributed by atoms with Gasteiger partial charge in [-0.1, -0.05) is 33.8 Å². The maximum absolute atomic E-state index is 13.5. The number of hydrogen-bond acceptors (Lipinski definition) is 18. The Labute approximate surface area is 371 Å². The minimum Gasteiger partial charge on any atom is -0.462 e. The fourth-order valence-corrected chi connectivity index (χ4v) is 9.00. The van der Waals surface area contributed by atoms with E-state index in [1.54, 1.807) is 59.7 Å². The molecule has 0 bridgehead atoms. The maximum Gasteiger partial charge on any atom is 0.309 e. The third-order valence-corrected chi connectivity index (χ3v) is 12.1. The fourth-order valence-electron chi connectivity index (χ4n) is 9.00. The minimum atomic E-state index is -1.52. The number of aliphatic hydroxyl groups excluding tert-OH is 1. The molecule has 3 saturated heterocycles. The minimum absolute atomic E-state index is 0.0593. The molecule has 360 valence electrons. The number of fused-ring (bicyclic) bond motifs is 1. The number of nitrogens with zero attached hydrogens (tertiary/aromatic N) is 1. The van der Waals surface area contributed by atoms with Gasteiger partial charge in [0.25, 0.3) is 0 Å². The fraction of sp³-hybridized carbons (Fsp3) is 0.844. The Kier molecular flexibility index (Phi) is 19.5. The van der Waals surface area contributed by atoms with Gasteiger partial charge in [-0.3, -0.25) is 19.2 Å². The van der Waals surface area contributed by atoms with Crippen LogP contribution in [0.1, 0.15) is 107 Å². The molecule has 4 rings (SSSR count). The van der Waals surface area contributed by atoms with Gasteiger partial charge in [-0.05, 0) is 72.0 Å². The molecule has 0 saturated carbocycles. The summed E-state index contributed by atoms with van der Waals surface area (Å²) >= 11 is 0. The number of rotatable bonds is 14. The van der Waals surface area contributed by atoms with Crippen LogP contribution in [0.15, 0.2) is 12.2 Å². The average Bonchev–Trinajstić information content (AvgIpc) is 3.91. The van der Waals surface area contributed by atoms with E-state index in [1.165, 1.54) is 14.0 Å². The van der Waals surface area contributed by atoms with Crippen molar-refractivity contribution in [2.75, 3.05) is 21.2 Å². The van der Waals surface area contributed by atoms with Gasteiger partial charge in [-0.15, -0.1) is 0 Å². The number of hydrogen-bond donors (Lipinski definition) is 2. The van der Waals surface area contributed by atoms with E-state index in [2.05, 4.69) is 0 Å². The number of aldehydes is 1. The number of likely N-dealkylation sites (N-methyl/N-ethyl adjacent to an activating group) is 1. The smallest absolute Gasteiger partial charge is 0.309 e. The van der Waals surface area contributed by atoms with Gasteiger partial charge in [-0.25, -0.2) is 0 Å². The van der Waals surface area contributed by atoms with Crippen molar-refractivity contribution >= 4 is 30.2 Å². The first kappa shape index (κ1) is 52.6. The van der Waals surface area contributed by atoms with Crippen LogP contribution in [0.3, 0.4) is 0 Å². The van der Waals surface area contributed by atoms with Crippen LogP contribution >= 0.6 is 0 Å². The number of carbonyl (C=O) groups excluding carboxylic acids is 5. The van der Waals surface area contributed by atoms with Crippen molar-refractivity contribution in [2.45, 2.75) is 205 Å². The molecule has 0 aromatic rings. The van der Waals surface area contributed by atoms with Crippen LogP contribution in [0.5, 0.6) is 0 Å². The Morgan fingerprint density at radius 3 is 2.24 bits per heavy atom. The maximum atomic E-state index is 13.5. The summed E-state index contributed by atoms with van der Waals surface area (Å²) in [5.74, 6) is -3.35. The Morgan fingerprint density at radius 1 is 0.952 bits per heavy atom. The third kappa shape index (κ3) is 14.7. The summed E-state index contributed by atoms with van der Waals surface area (Å²) < 4.78 is 60.7. The van der Waals surface area contributed by atoms with Crippen LogP contribution in [0.25, 0.3) is 0 Å². The van der Waals surface area contributed by atoms with E-state index < -0.39 is 127 Å². The van der Waals surface area contributed by atoms with Crippen molar-refractivity contribution in [3.8, 4) is 0 Å². The van der Waals surface area contributed by atoms with E-state index in [9.17, 15) is 34.2 Å². The lowest BCUT2D eigenvalue weighted by atomic mass is 9.82. The second-order valence-electron chi connectivity index (χ2n) is 18.5. The van der Waals surface area contributed by atoms with E-state index in [0.717, 1.165) is 0 Å². The predicted octanol–water partition coefficient (Wildman–Crippen LogP) is 3.19. The van der Waals surface area contributed by atoms with Gasteiger partial charge in [0, 0.05) is 46.1 Å². The lowest BCUT2D eigenvalue weighted by Gasteiger charge is -2.50. The van der Waals surface area contributed by atoms with E-state index in [-0.39, 0.29) is 50.2 Å². The van der Waals surface area contributed by atoms with Crippen molar-refractivity contribution in [2.24, 2.45) is 17.8 Å². The van der Waals surface area contributed by atoms with Gasteiger partial charge in [0.2, 0.25) is 0 Å². The summed E-state index contributed by atoms with van der Waals surface area (Å²) in [6.45, 7) is 15.2. The van der Waals surface area contributed by atoms with E-state index in [0.29, 0.717) is 12.7 Å². The number of methoxy groups -OCH3 is 1. The summed E-state index contributed by atoms with van der Waals surface area (Å²) in [4.78, 5) is 65.6. The molecule has 63 heavy (non-hydrogen) atoms. The highest BCUT2D eigenvalue weighted by molar-refractivity contribution is 5.72. The van der Waals surface area contributed by atoms with Gasteiger partial charge in [0.05, 0.1) is 36.9 Å². The standard InChI is InChI=1S/C45H73NO17/c1-13-34(49)60-30-14-15-31-32(59-31)20-25(5)55-36(51)21-33(58-28(8)48)42(54-12)41(29(16-17-47)19-24(30)4)63-44-39(52)38(46(10)11)40(26(6)57-44)62-37-22-45(9,53)43(27(7)56-37)61-35(50)18-23(2)3/h14-15,17,23-27,29-33,37-44,52-53H,13,16,18-22H2,1-12H3/b15-14+. The number of ether oxygens (including phenoxy) is 10. The molecule has 2 N–H and O–H groups in total. The van der Waals surface area contributed by atoms with Crippen LogP contribution in [-0.2, 0) is 71.3 Å². The molecular weight excluding hydrogens is 826 g/mol. The molecule has 3 fully saturated rings. The number of esters is 4. The SMILES string of the molecule is CCC(=O)OC1/C=C/C2OC2CC(C)OC(=O)CC(OC(C)=O)C(OC)C(OC2OC(C)C(OC3CC(C)(O)C(OC(=O)CC(C)C)C(C)O3)C(N(C)C)C2O)C(CC=O)CC1C. The Bertz CT molecular complexity index is 1550. The van der Waals surface area contributed by atoms with Crippen LogP contribution in [0, 0.1) is 17.8 Å². The molecule has 4 aliphatic rings. The highest BCUT2D eigenvalue weighted by Crippen LogP contribution is 2.38. The van der Waals surface area contributed by atoms with Gasteiger partial charge < -0.3 is 67.3 Å². The van der Waals surface area contributed by atoms with Crippen LogP contribution in [0.4, 0.5) is 0 Å². The lowest BCUT2D eigenvalue weighted by molar-refractivity contribution is -0.344. The molecule has 4 aliphatic heterocycles. The molecule has 0 aromatic heterocycles. The lowest BCUT2D eigenvalue weighted by Crippen LogP contribution is -2.66. The zero-order chi connectivity index (χ0) is 46.9.